The molecule has 12 nitrogen and oxygen atoms in total. The number of rotatable bonds is 7. The molecule has 0 aromatic carbocycles. The molecule has 0 fully saturated rings. The predicted molar refractivity (Wildman–Crippen MR) is 34.9 cm³/mol. The van der Waals surface area contributed by atoms with Crippen molar-refractivity contribution in [3.05, 3.63) is 30.3 Å². The van der Waals surface area contributed by atoms with Gasteiger partial charge in [0.2, 0.25) is 0 Å². The summed E-state index contributed by atoms with van der Waals surface area (Å²) in [5.74, 6) is 0. The smallest absolute Gasteiger partial charge is 0.280 e. The average Bonchev–Trinajstić information content (AvgIpc) is 1.97. The van der Waals surface area contributed by atoms with E-state index in [1.165, 1.54) is 5.43 Å². The summed E-state index contributed by atoms with van der Waals surface area (Å²) >= 11 is 0. The second-order valence-corrected chi connectivity index (χ2v) is 1.71. The molecule has 0 aliphatic carbocycles. The highest BCUT2D eigenvalue weighted by molar-refractivity contribution is 4.37. The molecule has 0 unspecified atom stereocenters. The molecule has 0 spiro atoms. The fourth-order valence-electron chi connectivity index (χ4n) is 0.435. The van der Waals surface area contributed by atoms with E-state index in [-0.39, 0.29) is 0 Å². The van der Waals surface area contributed by atoms with E-state index in [0.717, 1.165) is 0 Å². The molecule has 0 bridgehead atoms. The number of hydrogen-bond acceptors (Lipinski definition) is 8. The van der Waals surface area contributed by atoms with Crippen LogP contribution in [0.3, 0.4) is 0 Å². The molecule has 14 heavy (non-hydrogen) atoms. The summed E-state index contributed by atoms with van der Waals surface area (Å²) in [5, 5.41) is 25.4. The van der Waals surface area contributed by atoms with Crippen molar-refractivity contribution in [2.24, 2.45) is 0 Å². The van der Waals surface area contributed by atoms with Gasteiger partial charge in [0.05, 0.1) is 0 Å². The first kappa shape index (κ1) is 11.6. The summed E-state index contributed by atoms with van der Waals surface area (Å²) in [6.45, 7) is -0.838. The minimum absolute atomic E-state index is 0.838. The van der Waals surface area contributed by atoms with Crippen LogP contribution in [-0.4, -0.2) is 28.0 Å². The number of hydrogen-bond donors (Lipinski definition) is 1. The largest absolute Gasteiger partial charge is 0.296 e. The lowest BCUT2D eigenvalue weighted by molar-refractivity contribution is -0.851. The highest BCUT2D eigenvalue weighted by Crippen LogP contribution is 1.93. The molecule has 0 aliphatic rings. The van der Waals surface area contributed by atoms with Crippen LogP contribution in [-0.2, 0) is 9.68 Å². The number of hydrazine groups is 1. The Bertz CT molecular complexity index is 223. The van der Waals surface area contributed by atoms with Gasteiger partial charge in [0.25, 0.3) is 16.5 Å². The molecule has 0 radical (unpaired) electrons. The summed E-state index contributed by atoms with van der Waals surface area (Å²) in [6, 6.07) is 0. The van der Waals surface area contributed by atoms with Crippen molar-refractivity contribution in [2.75, 3.05) is 6.54 Å². The van der Waals surface area contributed by atoms with E-state index < -0.39 is 28.0 Å². The lowest BCUT2D eigenvalue weighted by atomic mass is 10.6. The molecule has 1 N–H and O–H groups in total. The Kier molecular flexibility index (Phi) is 4.38. The third-order valence-corrected chi connectivity index (χ3v) is 0.794. The minimum atomic E-state index is -1.98. The minimum Gasteiger partial charge on any atom is -0.280 e. The van der Waals surface area contributed by atoms with E-state index in [0.29, 0.717) is 0 Å². The van der Waals surface area contributed by atoms with Crippen molar-refractivity contribution in [1.29, 1.82) is 0 Å². The van der Waals surface area contributed by atoms with Gasteiger partial charge in [-0.2, -0.15) is 0 Å². The molecule has 0 aromatic heterocycles. The van der Waals surface area contributed by atoms with Crippen LogP contribution in [0, 0.1) is 30.3 Å². The number of nitrogens with one attached hydrogen (secondary N) is 1. The van der Waals surface area contributed by atoms with Gasteiger partial charge >= 0.3 is 0 Å². The van der Waals surface area contributed by atoms with E-state index in [1.807, 2.05) is 0 Å². The van der Waals surface area contributed by atoms with E-state index in [2.05, 4.69) is 9.68 Å². The van der Waals surface area contributed by atoms with Crippen molar-refractivity contribution in [1.82, 2.24) is 5.43 Å². The van der Waals surface area contributed by atoms with Crippen LogP contribution in [0.2, 0.25) is 0 Å². The van der Waals surface area contributed by atoms with Crippen LogP contribution in [0.1, 0.15) is 0 Å². The topological polar surface area (TPSA) is 160 Å². The van der Waals surface area contributed by atoms with Gasteiger partial charge in [0, 0.05) is 0 Å². The Morgan fingerprint density at radius 2 is 1.50 bits per heavy atom. The Hall–Kier alpha value is -2.40. The first-order valence-corrected chi connectivity index (χ1v) is 2.92. The summed E-state index contributed by atoms with van der Waals surface area (Å²) in [7, 11) is 0. The first-order valence-electron chi connectivity index (χ1n) is 2.92. The highest BCUT2D eigenvalue weighted by atomic mass is 17.0. The highest BCUT2D eigenvalue weighted by Gasteiger charge is 2.19. The quantitative estimate of drug-likeness (QED) is 0.301. The molecule has 0 rings (SSSR count). The molecule has 0 saturated heterocycles. The molecule has 80 valence electrons. The number of nitrogens with zero attached hydrogens (tertiary/aromatic N) is 3. The Morgan fingerprint density at radius 1 is 1.07 bits per heavy atom. The Balaban J connectivity index is 4.03. The van der Waals surface area contributed by atoms with E-state index in [9.17, 15) is 30.3 Å². The second-order valence-electron chi connectivity index (χ2n) is 1.71. The molecular weight excluding hydrogens is 208 g/mol. The molecule has 0 heterocycles. The van der Waals surface area contributed by atoms with Crippen molar-refractivity contribution >= 4 is 0 Å². The van der Waals surface area contributed by atoms with Crippen LogP contribution in [0.15, 0.2) is 0 Å². The fraction of sp³-hybridized carbons (Fsp3) is 1.00. The normalized spacial score (nSPS) is 9.21. The zero-order valence-corrected chi connectivity index (χ0v) is 6.39. The van der Waals surface area contributed by atoms with Gasteiger partial charge in [-0.1, -0.05) is 0 Å². The molecule has 0 amide bonds. The summed E-state index contributed by atoms with van der Waals surface area (Å²) in [6.07, 6.45) is -1.98. The SMILES string of the molecule is O=[N+]([O-])NCC(O[N+](=O)[O-])O[N+](=O)[O-]. The Labute approximate surface area is 74.7 Å². The maximum Gasteiger partial charge on any atom is 0.296 e. The van der Waals surface area contributed by atoms with Crippen molar-refractivity contribution < 1.29 is 24.9 Å². The zero-order chi connectivity index (χ0) is 11.1. The molecule has 0 aliphatic heterocycles. The van der Waals surface area contributed by atoms with Gasteiger partial charge < -0.3 is 0 Å². The third-order valence-electron chi connectivity index (χ3n) is 0.794. The van der Waals surface area contributed by atoms with E-state index in [1.54, 1.807) is 0 Å². The zero-order valence-electron chi connectivity index (χ0n) is 6.39. The molecular formula is C2H4N4O8. The number of nitro groups is 1. The van der Waals surface area contributed by atoms with Crippen LogP contribution in [0.5, 0.6) is 0 Å². The molecule has 12 heteroatoms. The Morgan fingerprint density at radius 3 is 1.79 bits per heavy atom. The molecule has 0 atom stereocenters. The lowest BCUT2D eigenvalue weighted by Crippen LogP contribution is -2.37. The monoisotopic (exact) mass is 212 g/mol. The maximum atomic E-state index is 9.72. The van der Waals surface area contributed by atoms with E-state index >= 15 is 0 Å². The van der Waals surface area contributed by atoms with Crippen molar-refractivity contribution in [2.45, 2.75) is 6.29 Å². The van der Waals surface area contributed by atoms with Gasteiger partial charge in [-0.15, -0.1) is 25.7 Å². The van der Waals surface area contributed by atoms with Gasteiger partial charge in [0.1, 0.15) is 6.54 Å². The van der Waals surface area contributed by atoms with Crippen LogP contribution in [0.25, 0.3) is 0 Å². The van der Waals surface area contributed by atoms with Gasteiger partial charge in [-0.05, 0) is 0 Å². The van der Waals surface area contributed by atoms with Gasteiger partial charge in [-0.25, -0.2) is 10.1 Å². The standard InChI is InChI=1S/C2H4N4O8/c7-4(8)3-1-2(13-5(9)10)14-6(11)12/h2-3H,1H2. The van der Waals surface area contributed by atoms with Gasteiger partial charge in [-0.3, -0.25) is 9.68 Å². The van der Waals surface area contributed by atoms with Crippen molar-refractivity contribution in [3.63, 3.8) is 0 Å². The van der Waals surface area contributed by atoms with Crippen LogP contribution >= 0.6 is 0 Å². The second kappa shape index (κ2) is 5.28. The fourth-order valence-corrected chi connectivity index (χ4v) is 0.435. The molecule has 0 saturated carbocycles. The maximum absolute atomic E-state index is 9.72. The summed E-state index contributed by atoms with van der Waals surface area (Å²) in [5.41, 5.74) is 1.42. The summed E-state index contributed by atoms with van der Waals surface area (Å²) in [4.78, 5) is 36.4. The van der Waals surface area contributed by atoms with Crippen molar-refractivity contribution in [3.8, 4) is 0 Å². The average molecular weight is 212 g/mol. The van der Waals surface area contributed by atoms with Crippen LogP contribution in [0.4, 0.5) is 0 Å². The third kappa shape index (κ3) is 6.32. The lowest BCUT2D eigenvalue weighted by Gasteiger charge is -2.09. The first-order chi connectivity index (χ1) is 6.41. The molecule has 0 aromatic rings. The van der Waals surface area contributed by atoms with Gasteiger partial charge in [0.15, 0.2) is 5.03 Å². The summed E-state index contributed by atoms with van der Waals surface area (Å²) < 4.78 is 0. The van der Waals surface area contributed by atoms with E-state index in [4.69, 9.17) is 0 Å². The predicted octanol–water partition coefficient (Wildman–Crippen LogP) is -1.49. The van der Waals surface area contributed by atoms with Crippen LogP contribution < -0.4 is 5.43 Å².